The molecule has 2 rings (SSSR count). The van der Waals surface area contributed by atoms with Crippen molar-refractivity contribution in [3.05, 3.63) is 41.0 Å². The SMILES string of the molecule is COCC(=O)N(C)C1=C(N(CCO)CCO)C(=O)c2ncccc2C1=O. The monoisotopic (exact) mass is 363 g/mol. The molecule has 1 aromatic rings. The lowest BCUT2D eigenvalue weighted by Crippen LogP contribution is -2.43. The van der Waals surface area contributed by atoms with E-state index in [2.05, 4.69) is 4.98 Å². The zero-order valence-corrected chi connectivity index (χ0v) is 14.6. The third-order valence-corrected chi connectivity index (χ3v) is 3.96. The number of rotatable bonds is 8. The lowest BCUT2D eigenvalue weighted by atomic mass is 9.92. The van der Waals surface area contributed by atoms with E-state index >= 15 is 0 Å². The Morgan fingerprint density at radius 1 is 1.15 bits per heavy atom. The minimum Gasteiger partial charge on any atom is -0.395 e. The highest BCUT2D eigenvalue weighted by atomic mass is 16.5. The summed E-state index contributed by atoms with van der Waals surface area (Å²) in [5.74, 6) is -1.59. The number of aliphatic hydroxyl groups is 2. The van der Waals surface area contributed by atoms with Crippen molar-refractivity contribution in [3.63, 3.8) is 0 Å². The van der Waals surface area contributed by atoms with Gasteiger partial charge in [0.05, 0.1) is 18.8 Å². The summed E-state index contributed by atoms with van der Waals surface area (Å²) in [7, 11) is 2.72. The van der Waals surface area contributed by atoms with Gasteiger partial charge in [0.15, 0.2) is 0 Å². The maximum absolute atomic E-state index is 13.0. The van der Waals surface area contributed by atoms with Crippen LogP contribution in [0.2, 0.25) is 0 Å². The van der Waals surface area contributed by atoms with Gasteiger partial charge in [0.25, 0.3) is 5.91 Å². The molecule has 1 aliphatic rings. The van der Waals surface area contributed by atoms with Gasteiger partial charge in [-0.05, 0) is 12.1 Å². The van der Waals surface area contributed by atoms with Crippen LogP contribution < -0.4 is 0 Å². The maximum atomic E-state index is 13.0. The van der Waals surface area contributed by atoms with Crippen LogP contribution in [-0.2, 0) is 9.53 Å². The second-order valence-corrected chi connectivity index (χ2v) is 5.58. The van der Waals surface area contributed by atoms with E-state index in [0.717, 1.165) is 4.90 Å². The van der Waals surface area contributed by atoms with Gasteiger partial charge in [0.2, 0.25) is 11.6 Å². The van der Waals surface area contributed by atoms with E-state index in [-0.39, 0.29) is 55.6 Å². The Bertz CT molecular complexity index is 740. The number of hydrogen-bond acceptors (Lipinski definition) is 8. The fourth-order valence-corrected chi connectivity index (χ4v) is 2.75. The molecule has 26 heavy (non-hydrogen) atoms. The van der Waals surface area contributed by atoms with E-state index in [1.165, 1.54) is 37.4 Å². The molecule has 0 spiro atoms. The van der Waals surface area contributed by atoms with Crippen LogP contribution in [0.3, 0.4) is 0 Å². The third kappa shape index (κ3) is 3.64. The van der Waals surface area contributed by atoms with Crippen molar-refractivity contribution >= 4 is 17.5 Å². The zero-order valence-electron chi connectivity index (χ0n) is 14.6. The Morgan fingerprint density at radius 3 is 2.38 bits per heavy atom. The number of ether oxygens (including phenoxy) is 1. The molecule has 140 valence electrons. The number of pyridine rings is 1. The molecular weight excluding hydrogens is 342 g/mol. The molecule has 0 radical (unpaired) electrons. The number of likely N-dealkylation sites (N-methyl/N-ethyl adjacent to an activating group) is 1. The number of methoxy groups -OCH3 is 1. The predicted molar refractivity (Wildman–Crippen MR) is 90.3 cm³/mol. The number of amides is 1. The number of nitrogens with zero attached hydrogens (tertiary/aromatic N) is 3. The van der Waals surface area contributed by atoms with Gasteiger partial charge in [-0.1, -0.05) is 0 Å². The first-order valence-electron chi connectivity index (χ1n) is 7.98. The first-order valence-corrected chi connectivity index (χ1v) is 7.98. The van der Waals surface area contributed by atoms with E-state index in [9.17, 15) is 24.6 Å². The molecule has 9 heteroatoms. The summed E-state index contributed by atoms with van der Waals surface area (Å²) in [6.07, 6.45) is 1.40. The van der Waals surface area contributed by atoms with Gasteiger partial charge in [0.1, 0.15) is 23.7 Å². The van der Waals surface area contributed by atoms with Crippen molar-refractivity contribution in [2.45, 2.75) is 0 Å². The second-order valence-electron chi connectivity index (χ2n) is 5.58. The van der Waals surface area contributed by atoms with E-state index < -0.39 is 17.5 Å². The van der Waals surface area contributed by atoms with E-state index in [1.54, 1.807) is 0 Å². The number of carbonyl (C=O) groups is 3. The lowest BCUT2D eigenvalue weighted by molar-refractivity contribution is -0.131. The summed E-state index contributed by atoms with van der Waals surface area (Å²) < 4.78 is 4.82. The van der Waals surface area contributed by atoms with Crippen LogP contribution in [0.5, 0.6) is 0 Å². The summed E-state index contributed by atoms with van der Waals surface area (Å²) >= 11 is 0. The average molecular weight is 363 g/mol. The summed E-state index contributed by atoms with van der Waals surface area (Å²) in [5, 5.41) is 18.6. The van der Waals surface area contributed by atoms with Crippen molar-refractivity contribution in [3.8, 4) is 0 Å². The van der Waals surface area contributed by atoms with Crippen molar-refractivity contribution < 1.29 is 29.3 Å². The van der Waals surface area contributed by atoms with E-state index in [4.69, 9.17) is 4.74 Å². The van der Waals surface area contributed by atoms with Crippen LogP contribution in [0, 0.1) is 0 Å². The molecule has 1 heterocycles. The summed E-state index contributed by atoms with van der Waals surface area (Å²) in [6.45, 7) is -0.861. The first-order chi connectivity index (χ1) is 12.5. The smallest absolute Gasteiger partial charge is 0.252 e. The highest BCUT2D eigenvalue weighted by Gasteiger charge is 2.39. The topological polar surface area (TPSA) is 120 Å². The van der Waals surface area contributed by atoms with Gasteiger partial charge in [-0.25, -0.2) is 0 Å². The quantitative estimate of drug-likeness (QED) is 0.607. The molecule has 0 aliphatic heterocycles. The fourth-order valence-electron chi connectivity index (χ4n) is 2.75. The molecule has 1 amide bonds. The predicted octanol–water partition coefficient (Wildman–Crippen LogP) is -0.936. The van der Waals surface area contributed by atoms with Crippen LogP contribution in [0.25, 0.3) is 0 Å². The molecule has 0 unspecified atom stereocenters. The van der Waals surface area contributed by atoms with Crippen LogP contribution in [0.4, 0.5) is 0 Å². The lowest BCUT2D eigenvalue weighted by Gasteiger charge is -2.33. The highest BCUT2D eigenvalue weighted by molar-refractivity contribution is 6.26. The van der Waals surface area contributed by atoms with Crippen LogP contribution >= 0.6 is 0 Å². The normalized spacial score (nSPS) is 13.7. The molecule has 2 N–H and O–H groups in total. The molecule has 0 fully saturated rings. The Morgan fingerprint density at radius 2 is 1.81 bits per heavy atom. The van der Waals surface area contributed by atoms with Crippen molar-refractivity contribution in [1.29, 1.82) is 0 Å². The number of carbonyl (C=O) groups excluding carboxylic acids is 3. The van der Waals surface area contributed by atoms with Gasteiger partial charge in [0, 0.05) is 33.4 Å². The minimum absolute atomic E-state index is 0.00683. The Balaban J connectivity index is 2.65. The summed E-state index contributed by atoms with van der Waals surface area (Å²) in [4.78, 5) is 44.7. The number of hydrogen-bond donors (Lipinski definition) is 2. The third-order valence-electron chi connectivity index (χ3n) is 3.96. The molecule has 0 bridgehead atoms. The number of ketones is 2. The molecule has 9 nitrogen and oxygen atoms in total. The highest BCUT2D eigenvalue weighted by Crippen LogP contribution is 2.28. The van der Waals surface area contributed by atoms with Gasteiger partial charge in [-0.15, -0.1) is 0 Å². The molecule has 1 aromatic heterocycles. The van der Waals surface area contributed by atoms with E-state index in [1.807, 2.05) is 0 Å². The molecule has 0 atom stereocenters. The molecule has 0 saturated heterocycles. The largest absolute Gasteiger partial charge is 0.395 e. The number of fused-ring (bicyclic) bond motifs is 1. The van der Waals surface area contributed by atoms with Crippen molar-refractivity contribution in [1.82, 2.24) is 14.8 Å². The molecular formula is C17H21N3O6. The number of allylic oxidation sites excluding steroid dienone is 2. The van der Waals surface area contributed by atoms with Crippen LogP contribution in [-0.4, -0.2) is 89.5 Å². The maximum Gasteiger partial charge on any atom is 0.252 e. The zero-order chi connectivity index (χ0) is 19.3. The number of aromatic nitrogens is 1. The average Bonchev–Trinajstić information content (AvgIpc) is 2.64. The first kappa shape index (κ1) is 19.7. The number of Topliss-reactive ketones (excluding diaryl/α,β-unsaturated/α-hetero) is 2. The summed E-state index contributed by atoms with van der Waals surface area (Å²) in [5.41, 5.74) is -0.123. The molecule has 1 aliphatic carbocycles. The van der Waals surface area contributed by atoms with E-state index in [0.29, 0.717) is 0 Å². The van der Waals surface area contributed by atoms with Crippen LogP contribution in [0.15, 0.2) is 29.7 Å². The molecule has 0 aromatic carbocycles. The standard InChI is InChI=1S/C17H21N3O6/c1-19(12(23)10-26-2)14-15(20(6-8-21)7-9-22)17(25)13-11(16(14)24)4-3-5-18-13/h3-5,21-22H,6-10H2,1-2H3. The van der Waals surface area contributed by atoms with Gasteiger partial charge in [-0.3, -0.25) is 19.4 Å². The second kappa shape index (κ2) is 8.65. The van der Waals surface area contributed by atoms with Crippen molar-refractivity contribution in [2.75, 3.05) is 47.1 Å². The van der Waals surface area contributed by atoms with Crippen LogP contribution in [0.1, 0.15) is 20.8 Å². The Kier molecular flexibility index (Phi) is 6.56. The van der Waals surface area contributed by atoms with Gasteiger partial charge >= 0.3 is 0 Å². The fraction of sp³-hybridized carbons (Fsp3) is 0.412. The van der Waals surface area contributed by atoms with Gasteiger partial charge in [-0.2, -0.15) is 0 Å². The van der Waals surface area contributed by atoms with Crippen molar-refractivity contribution in [2.24, 2.45) is 0 Å². The molecule has 0 saturated carbocycles. The minimum atomic E-state index is -0.547. The Hall–Kier alpha value is -2.62. The van der Waals surface area contributed by atoms with Gasteiger partial charge < -0.3 is 24.7 Å². The summed E-state index contributed by atoms with van der Waals surface area (Å²) in [6, 6.07) is 3.00. The Labute approximate surface area is 150 Å². The number of aliphatic hydroxyl groups excluding tert-OH is 2.